The predicted molar refractivity (Wildman–Crippen MR) is 79.2 cm³/mol. The van der Waals surface area contributed by atoms with Gasteiger partial charge in [0.25, 0.3) is 0 Å². The van der Waals surface area contributed by atoms with Crippen molar-refractivity contribution < 1.29 is 4.79 Å². The highest BCUT2D eigenvalue weighted by Gasteiger charge is 2.05. The lowest BCUT2D eigenvalue weighted by molar-refractivity contribution is -0.115. The minimum Gasteiger partial charge on any atom is -0.325 e. The van der Waals surface area contributed by atoms with Crippen LogP contribution in [0.1, 0.15) is 31.2 Å². The Morgan fingerprint density at radius 3 is 3.00 bits per heavy atom. The summed E-state index contributed by atoms with van der Waals surface area (Å²) in [5, 5.41) is 6.09. The van der Waals surface area contributed by atoms with Crippen LogP contribution in [0.5, 0.6) is 0 Å². The van der Waals surface area contributed by atoms with Gasteiger partial charge in [0.15, 0.2) is 0 Å². The second-order valence-electron chi connectivity index (χ2n) is 5.10. The molecule has 0 saturated heterocycles. The summed E-state index contributed by atoms with van der Waals surface area (Å²) in [6, 6.07) is 7.85. The van der Waals surface area contributed by atoms with Crippen LogP contribution in [0.2, 0.25) is 0 Å². The van der Waals surface area contributed by atoms with Crippen molar-refractivity contribution in [2.24, 2.45) is 0 Å². The van der Waals surface area contributed by atoms with Gasteiger partial charge < -0.3 is 10.6 Å². The highest BCUT2D eigenvalue weighted by molar-refractivity contribution is 5.92. The van der Waals surface area contributed by atoms with Gasteiger partial charge in [-0.3, -0.25) is 4.79 Å². The predicted octanol–water partition coefficient (Wildman–Crippen LogP) is 3.02. The van der Waals surface area contributed by atoms with Gasteiger partial charge in [0, 0.05) is 5.69 Å². The molecule has 102 valence electrons. The number of hydrogen-bond donors (Lipinski definition) is 2. The molecule has 1 amide bonds. The molecule has 0 saturated carbocycles. The van der Waals surface area contributed by atoms with E-state index in [1.165, 1.54) is 24.8 Å². The summed E-state index contributed by atoms with van der Waals surface area (Å²) in [6.45, 7) is 3.28. The molecule has 1 aliphatic rings. The van der Waals surface area contributed by atoms with Crippen molar-refractivity contribution in [3.63, 3.8) is 0 Å². The second-order valence-corrected chi connectivity index (χ2v) is 5.10. The lowest BCUT2D eigenvalue weighted by Crippen LogP contribution is -2.28. The Labute approximate surface area is 115 Å². The molecule has 3 heteroatoms. The van der Waals surface area contributed by atoms with Crippen LogP contribution in [0.4, 0.5) is 5.69 Å². The molecule has 2 N–H and O–H groups in total. The average molecular weight is 258 g/mol. The second kappa shape index (κ2) is 7.10. The van der Waals surface area contributed by atoms with Gasteiger partial charge in [0.05, 0.1) is 6.54 Å². The van der Waals surface area contributed by atoms with Gasteiger partial charge >= 0.3 is 0 Å². The Morgan fingerprint density at radius 2 is 2.26 bits per heavy atom. The number of hydrogen-bond acceptors (Lipinski definition) is 2. The van der Waals surface area contributed by atoms with Crippen molar-refractivity contribution in [1.29, 1.82) is 0 Å². The van der Waals surface area contributed by atoms with E-state index in [2.05, 4.69) is 16.7 Å². The summed E-state index contributed by atoms with van der Waals surface area (Å²) in [4.78, 5) is 11.7. The fraction of sp³-hybridized carbons (Fsp3) is 0.438. The van der Waals surface area contributed by atoms with Gasteiger partial charge in [0.1, 0.15) is 0 Å². The van der Waals surface area contributed by atoms with E-state index in [1.54, 1.807) is 0 Å². The molecule has 0 aliphatic heterocycles. The summed E-state index contributed by atoms with van der Waals surface area (Å²) in [5.41, 5.74) is 3.55. The fourth-order valence-corrected chi connectivity index (χ4v) is 2.34. The Kier molecular flexibility index (Phi) is 5.16. The zero-order valence-electron chi connectivity index (χ0n) is 11.5. The van der Waals surface area contributed by atoms with E-state index in [4.69, 9.17) is 0 Å². The van der Waals surface area contributed by atoms with Gasteiger partial charge in [-0.15, -0.1) is 0 Å². The van der Waals surface area contributed by atoms with Gasteiger partial charge in [-0.2, -0.15) is 0 Å². The van der Waals surface area contributed by atoms with Crippen LogP contribution in [0.25, 0.3) is 0 Å². The molecule has 0 atom stereocenters. The van der Waals surface area contributed by atoms with Gasteiger partial charge in [-0.25, -0.2) is 0 Å². The van der Waals surface area contributed by atoms with E-state index < -0.39 is 0 Å². The maximum Gasteiger partial charge on any atom is 0.238 e. The third-order valence-electron chi connectivity index (χ3n) is 3.35. The first-order chi connectivity index (χ1) is 9.24. The maximum atomic E-state index is 11.7. The molecular weight excluding hydrogens is 236 g/mol. The molecule has 0 aromatic heterocycles. The van der Waals surface area contributed by atoms with Gasteiger partial charge in [-0.05, 0) is 56.8 Å². The van der Waals surface area contributed by atoms with Crippen molar-refractivity contribution in [2.75, 3.05) is 18.4 Å². The molecule has 0 bridgehead atoms. The monoisotopic (exact) mass is 258 g/mol. The SMILES string of the molecule is Cc1cccc(NC(=O)CNCCC2=CCCC2)c1. The number of allylic oxidation sites excluding steroid dienone is 1. The quantitative estimate of drug-likeness (QED) is 0.608. The first-order valence-corrected chi connectivity index (χ1v) is 6.99. The van der Waals surface area contributed by atoms with Gasteiger partial charge in [-0.1, -0.05) is 23.8 Å². The van der Waals surface area contributed by atoms with E-state index in [0.29, 0.717) is 6.54 Å². The summed E-state index contributed by atoms with van der Waals surface area (Å²) in [7, 11) is 0. The normalized spacial score (nSPS) is 14.3. The topological polar surface area (TPSA) is 41.1 Å². The van der Waals surface area contributed by atoms with E-state index >= 15 is 0 Å². The van der Waals surface area contributed by atoms with Crippen LogP contribution < -0.4 is 10.6 Å². The largest absolute Gasteiger partial charge is 0.325 e. The van der Waals surface area contributed by atoms with Crippen LogP contribution in [0, 0.1) is 6.92 Å². The lowest BCUT2D eigenvalue weighted by atomic mass is 10.2. The van der Waals surface area contributed by atoms with Crippen LogP contribution >= 0.6 is 0 Å². The number of nitrogens with one attached hydrogen (secondary N) is 2. The summed E-state index contributed by atoms with van der Waals surface area (Å²) >= 11 is 0. The molecule has 2 rings (SSSR count). The van der Waals surface area contributed by atoms with Crippen LogP contribution in [-0.2, 0) is 4.79 Å². The number of anilines is 1. The Balaban J connectivity index is 1.64. The van der Waals surface area contributed by atoms with E-state index in [-0.39, 0.29) is 5.91 Å². The first-order valence-electron chi connectivity index (χ1n) is 6.99. The fourth-order valence-electron chi connectivity index (χ4n) is 2.34. The van der Waals surface area contributed by atoms with Crippen molar-refractivity contribution in [3.05, 3.63) is 41.5 Å². The number of carbonyl (C=O) groups excluding carboxylic acids is 1. The molecule has 0 radical (unpaired) electrons. The first kappa shape index (κ1) is 13.8. The molecule has 0 heterocycles. The van der Waals surface area contributed by atoms with E-state index in [9.17, 15) is 4.79 Å². The zero-order chi connectivity index (χ0) is 13.5. The molecule has 0 fully saturated rings. The molecule has 0 spiro atoms. The number of rotatable bonds is 6. The molecule has 0 unspecified atom stereocenters. The van der Waals surface area contributed by atoms with Crippen LogP contribution in [0.3, 0.4) is 0 Å². The number of aryl methyl sites for hydroxylation is 1. The lowest BCUT2D eigenvalue weighted by Gasteiger charge is -2.07. The Hall–Kier alpha value is -1.61. The van der Waals surface area contributed by atoms with Crippen molar-refractivity contribution in [3.8, 4) is 0 Å². The van der Waals surface area contributed by atoms with Crippen molar-refractivity contribution in [2.45, 2.75) is 32.6 Å². The van der Waals surface area contributed by atoms with Crippen molar-refractivity contribution >= 4 is 11.6 Å². The minimum atomic E-state index is 0.0194. The molecule has 3 nitrogen and oxygen atoms in total. The third-order valence-corrected chi connectivity index (χ3v) is 3.35. The smallest absolute Gasteiger partial charge is 0.238 e. The highest BCUT2D eigenvalue weighted by Crippen LogP contribution is 2.19. The molecule has 19 heavy (non-hydrogen) atoms. The minimum absolute atomic E-state index is 0.0194. The van der Waals surface area contributed by atoms with E-state index in [1.807, 2.05) is 31.2 Å². The van der Waals surface area contributed by atoms with E-state index in [0.717, 1.165) is 24.2 Å². The molecule has 1 aromatic rings. The molecular formula is C16H22N2O. The Morgan fingerprint density at radius 1 is 1.37 bits per heavy atom. The number of amides is 1. The average Bonchev–Trinajstić information content (AvgIpc) is 2.88. The van der Waals surface area contributed by atoms with Gasteiger partial charge in [0.2, 0.25) is 5.91 Å². The van der Waals surface area contributed by atoms with Crippen LogP contribution in [0.15, 0.2) is 35.9 Å². The summed E-state index contributed by atoms with van der Waals surface area (Å²) in [6.07, 6.45) is 7.15. The van der Waals surface area contributed by atoms with Crippen LogP contribution in [-0.4, -0.2) is 19.0 Å². The maximum absolute atomic E-state index is 11.7. The third kappa shape index (κ3) is 4.87. The number of carbonyl (C=O) groups is 1. The highest BCUT2D eigenvalue weighted by atomic mass is 16.1. The van der Waals surface area contributed by atoms with Crippen molar-refractivity contribution in [1.82, 2.24) is 5.32 Å². The molecule has 1 aliphatic carbocycles. The number of benzene rings is 1. The summed E-state index contributed by atoms with van der Waals surface area (Å²) < 4.78 is 0. The standard InChI is InChI=1S/C16H22N2O/c1-13-5-4-8-15(11-13)18-16(19)12-17-10-9-14-6-2-3-7-14/h4-6,8,11,17H,2-3,7,9-10,12H2,1H3,(H,18,19). The zero-order valence-corrected chi connectivity index (χ0v) is 11.5. The summed E-state index contributed by atoms with van der Waals surface area (Å²) in [5.74, 6) is 0.0194. The Bertz CT molecular complexity index is 466. The molecule has 1 aromatic carbocycles.